The van der Waals surface area contributed by atoms with Gasteiger partial charge in [0.25, 0.3) is 0 Å². The molecule has 2 bridgehead atoms. The Balaban J connectivity index is 1.73. The SMILES string of the molecule is COC(=O)c1cccc(OCC23CCC(C2)OC3)c1C. The normalized spacial score (nSPS) is 27.6. The third-order valence-electron chi connectivity index (χ3n) is 4.51. The Bertz CT molecular complexity index is 515. The number of carbonyl (C=O) groups is 1. The maximum absolute atomic E-state index is 11.7. The maximum Gasteiger partial charge on any atom is 0.338 e. The van der Waals surface area contributed by atoms with Crippen LogP contribution in [0.4, 0.5) is 0 Å². The summed E-state index contributed by atoms with van der Waals surface area (Å²) in [4.78, 5) is 11.7. The van der Waals surface area contributed by atoms with E-state index in [2.05, 4.69) is 0 Å². The summed E-state index contributed by atoms with van der Waals surface area (Å²) >= 11 is 0. The van der Waals surface area contributed by atoms with Gasteiger partial charge in [0.05, 0.1) is 32.0 Å². The molecule has 3 rings (SSSR count). The van der Waals surface area contributed by atoms with E-state index < -0.39 is 0 Å². The summed E-state index contributed by atoms with van der Waals surface area (Å²) in [6.07, 6.45) is 3.85. The summed E-state index contributed by atoms with van der Waals surface area (Å²) in [6.45, 7) is 3.35. The van der Waals surface area contributed by atoms with Crippen molar-refractivity contribution in [2.45, 2.75) is 32.3 Å². The molecule has 0 aromatic heterocycles. The first-order valence-corrected chi connectivity index (χ1v) is 7.06. The van der Waals surface area contributed by atoms with Gasteiger partial charge in [0.2, 0.25) is 0 Å². The van der Waals surface area contributed by atoms with E-state index in [1.54, 1.807) is 6.07 Å². The van der Waals surface area contributed by atoms with Crippen molar-refractivity contribution in [1.82, 2.24) is 0 Å². The summed E-state index contributed by atoms with van der Waals surface area (Å²) in [5.74, 6) is 0.439. The van der Waals surface area contributed by atoms with Gasteiger partial charge in [-0.15, -0.1) is 0 Å². The van der Waals surface area contributed by atoms with Crippen LogP contribution in [-0.2, 0) is 9.47 Å². The van der Waals surface area contributed by atoms with Crippen molar-refractivity contribution in [2.24, 2.45) is 5.41 Å². The lowest BCUT2D eigenvalue weighted by Gasteiger charge is -2.26. The van der Waals surface area contributed by atoms with Gasteiger partial charge >= 0.3 is 5.97 Å². The van der Waals surface area contributed by atoms with E-state index in [-0.39, 0.29) is 11.4 Å². The Kier molecular flexibility index (Phi) is 3.42. The number of carbonyl (C=O) groups excluding carboxylic acids is 1. The van der Waals surface area contributed by atoms with Crippen LogP contribution >= 0.6 is 0 Å². The number of ether oxygens (including phenoxy) is 3. The van der Waals surface area contributed by atoms with Crippen LogP contribution in [0.1, 0.15) is 35.2 Å². The Hall–Kier alpha value is -1.55. The lowest BCUT2D eigenvalue weighted by atomic mass is 9.89. The lowest BCUT2D eigenvalue weighted by Crippen LogP contribution is -2.28. The minimum absolute atomic E-state index is 0.179. The van der Waals surface area contributed by atoms with Crippen LogP contribution < -0.4 is 4.74 Å². The zero-order valence-corrected chi connectivity index (χ0v) is 12.0. The van der Waals surface area contributed by atoms with Crippen LogP contribution in [0.25, 0.3) is 0 Å². The smallest absolute Gasteiger partial charge is 0.338 e. The van der Waals surface area contributed by atoms with E-state index in [0.717, 1.165) is 30.8 Å². The highest BCUT2D eigenvalue weighted by Gasteiger charge is 2.46. The Morgan fingerprint density at radius 2 is 2.35 bits per heavy atom. The average Bonchev–Trinajstić information content (AvgIpc) is 3.06. The second-order valence-electron chi connectivity index (χ2n) is 5.88. The Morgan fingerprint density at radius 1 is 1.50 bits per heavy atom. The van der Waals surface area contributed by atoms with Crippen molar-refractivity contribution in [3.8, 4) is 5.75 Å². The van der Waals surface area contributed by atoms with Crippen LogP contribution in [0.5, 0.6) is 5.75 Å². The summed E-state index contributed by atoms with van der Waals surface area (Å²) < 4.78 is 16.5. The number of fused-ring (bicyclic) bond motifs is 2. The first-order chi connectivity index (χ1) is 9.63. The number of benzene rings is 1. The lowest BCUT2D eigenvalue weighted by molar-refractivity contribution is 0.0326. The van der Waals surface area contributed by atoms with Crippen molar-refractivity contribution >= 4 is 5.97 Å². The van der Waals surface area contributed by atoms with E-state index in [0.29, 0.717) is 18.3 Å². The molecule has 0 N–H and O–H groups in total. The Labute approximate surface area is 119 Å². The fourth-order valence-corrected chi connectivity index (χ4v) is 3.23. The van der Waals surface area contributed by atoms with Crippen LogP contribution in [0.2, 0.25) is 0 Å². The van der Waals surface area contributed by atoms with Gasteiger partial charge in [0.15, 0.2) is 0 Å². The standard InChI is InChI=1S/C16H20O4/c1-11-13(15(17)18-2)4-3-5-14(11)20-10-16-7-6-12(8-16)19-9-16/h3-5,12H,6-10H2,1-2H3. The van der Waals surface area contributed by atoms with Crippen LogP contribution in [0.15, 0.2) is 18.2 Å². The fraction of sp³-hybridized carbons (Fsp3) is 0.562. The van der Waals surface area contributed by atoms with Gasteiger partial charge in [0, 0.05) is 11.0 Å². The van der Waals surface area contributed by atoms with E-state index in [9.17, 15) is 4.79 Å². The highest BCUT2D eigenvalue weighted by molar-refractivity contribution is 5.91. The molecule has 1 saturated carbocycles. The van der Waals surface area contributed by atoms with Gasteiger partial charge in [-0.05, 0) is 38.3 Å². The quantitative estimate of drug-likeness (QED) is 0.793. The molecule has 0 radical (unpaired) electrons. The third kappa shape index (κ3) is 2.29. The predicted molar refractivity (Wildman–Crippen MR) is 74.0 cm³/mol. The van der Waals surface area contributed by atoms with E-state index in [4.69, 9.17) is 14.2 Å². The molecule has 1 saturated heterocycles. The molecule has 0 amide bonds. The average molecular weight is 276 g/mol. The predicted octanol–water partition coefficient (Wildman–Crippen LogP) is 2.73. The van der Waals surface area contributed by atoms with Gasteiger partial charge < -0.3 is 14.2 Å². The minimum Gasteiger partial charge on any atom is -0.493 e. The highest BCUT2D eigenvalue weighted by atomic mass is 16.5. The first-order valence-electron chi connectivity index (χ1n) is 7.06. The van der Waals surface area contributed by atoms with E-state index in [1.165, 1.54) is 13.5 Å². The molecule has 2 aliphatic rings. The van der Waals surface area contributed by atoms with Crippen LogP contribution in [-0.4, -0.2) is 32.4 Å². The molecule has 1 aromatic carbocycles. The molecule has 4 nitrogen and oxygen atoms in total. The maximum atomic E-state index is 11.7. The van der Waals surface area contributed by atoms with Crippen molar-refractivity contribution in [3.05, 3.63) is 29.3 Å². The van der Waals surface area contributed by atoms with Crippen molar-refractivity contribution in [2.75, 3.05) is 20.3 Å². The highest BCUT2D eigenvalue weighted by Crippen LogP contribution is 2.46. The molecule has 2 fully saturated rings. The summed E-state index contributed by atoms with van der Waals surface area (Å²) in [6, 6.07) is 5.49. The largest absolute Gasteiger partial charge is 0.493 e. The van der Waals surface area contributed by atoms with Gasteiger partial charge in [0.1, 0.15) is 5.75 Å². The molecule has 1 aliphatic heterocycles. The molecular formula is C16H20O4. The second-order valence-corrected chi connectivity index (χ2v) is 5.88. The minimum atomic E-state index is -0.323. The number of esters is 1. The molecule has 4 heteroatoms. The molecular weight excluding hydrogens is 256 g/mol. The van der Waals surface area contributed by atoms with Gasteiger partial charge in [-0.1, -0.05) is 6.07 Å². The second kappa shape index (κ2) is 5.09. The molecule has 1 aliphatic carbocycles. The van der Waals surface area contributed by atoms with E-state index in [1.807, 2.05) is 19.1 Å². The van der Waals surface area contributed by atoms with E-state index >= 15 is 0 Å². The van der Waals surface area contributed by atoms with Crippen molar-refractivity contribution in [1.29, 1.82) is 0 Å². The fourth-order valence-electron chi connectivity index (χ4n) is 3.23. The van der Waals surface area contributed by atoms with Gasteiger partial charge in [-0.2, -0.15) is 0 Å². The van der Waals surface area contributed by atoms with Crippen LogP contribution in [0, 0.1) is 12.3 Å². The summed E-state index contributed by atoms with van der Waals surface area (Å²) in [7, 11) is 1.39. The summed E-state index contributed by atoms with van der Waals surface area (Å²) in [5.41, 5.74) is 1.58. The number of hydrogen-bond acceptors (Lipinski definition) is 4. The number of rotatable bonds is 4. The van der Waals surface area contributed by atoms with Gasteiger partial charge in [-0.3, -0.25) is 0 Å². The molecule has 1 aromatic rings. The van der Waals surface area contributed by atoms with Gasteiger partial charge in [-0.25, -0.2) is 4.79 Å². The zero-order chi connectivity index (χ0) is 14.2. The number of hydrogen-bond donors (Lipinski definition) is 0. The van der Waals surface area contributed by atoms with Crippen LogP contribution in [0.3, 0.4) is 0 Å². The molecule has 108 valence electrons. The van der Waals surface area contributed by atoms with Crippen molar-refractivity contribution < 1.29 is 19.0 Å². The molecule has 0 spiro atoms. The number of methoxy groups -OCH3 is 1. The third-order valence-corrected chi connectivity index (χ3v) is 4.51. The monoisotopic (exact) mass is 276 g/mol. The van der Waals surface area contributed by atoms with Crippen molar-refractivity contribution in [3.63, 3.8) is 0 Å². The Morgan fingerprint density at radius 3 is 2.95 bits per heavy atom. The molecule has 1 heterocycles. The molecule has 2 atom stereocenters. The topological polar surface area (TPSA) is 44.8 Å². The first kappa shape index (κ1) is 13.4. The molecule has 20 heavy (non-hydrogen) atoms. The summed E-state index contributed by atoms with van der Waals surface area (Å²) in [5, 5.41) is 0. The zero-order valence-electron chi connectivity index (χ0n) is 12.0. The molecule has 2 unspecified atom stereocenters.